The molecule has 1 saturated carbocycles. The standard InChI is InChI=1S/C33H43N5O6/c1-19(2)28-30(41)35-21(4)31(42)38-17-5-6-26(37-38)29(40)34-20(3)25-10-9-23-8-7-22(18-27(23)36-25)11-14-33(32(43)44-28)15-12-24(39)13-16-33/h7-11,14,18-21,24,26,28,37,39H,5-6,12-13,15-17H2,1-4H3,(H,34,40)(H,35,41). The largest absolute Gasteiger partial charge is 0.451 e. The maximum Gasteiger partial charge on any atom is 0.316 e. The lowest BCUT2D eigenvalue weighted by Crippen LogP contribution is -2.61. The van der Waals surface area contributed by atoms with Crippen molar-refractivity contribution < 1.29 is 29.0 Å². The quantitative estimate of drug-likeness (QED) is 0.363. The van der Waals surface area contributed by atoms with Crippen LogP contribution in [0.5, 0.6) is 0 Å². The molecule has 1 saturated heterocycles. The van der Waals surface area contributed by atoms with Gasteiger partial charge in [-0.05, 0) is 76.0 Å². The van der Waals surface area contributed by atoms with E-state index in [2.05, 4.69) is 16.1 Å². The summed E-state index contributed by atoms with van der Waals surface area (Å²) in [7, 11) is 0. The van der Waals surface area contributed by atoms with Crippen molar-refractivity contribution in [1.29, 1.82) is 0 Å². The van der Waals surface area contributed by atoms with Crippen LogP contribution in [0.4, 0.5) is 0 Å². The van der Waals surface area contributed by atoms with Crippen molar-refractivity contribution in [2.45, 2.75) is 96.6 Å². The highest BCUT2D eigenvalue weighted by Crippen LogP contribution is 2.40. The van der Waals surface area contributed by atoms with E-state index in [1.165, 1.54) is 5.01 Å². The molecule has 5 rings (SSSR count). The van der Waals surface area contributed by atoms with E-state index in [9.17, 15) is 24.3 Å². The molecule has 4 atom stereocenters. The third-order valence-electron chi connectivity index (χ3n) is 8.98. The van der Waals surface area contributed by atoms with Crippen molar-refractivity contribution >= 4 is 40.7 Å². The third-order valence-corrected chi connectivity index (χ3v) is 8.98. The fourth-order valence-electron chi connectivity index (χ4n) is 6.15. The summed E-state index contributed by atoms with van der Waals surface area (Å²) in [4.78, 5) is 58.7. The molecule has 1 aliphatic carbocycles. The van der Waals surface area contributed by atoms with Crippen molar-refractivity contribution in [1.82, 2.24) is 26.1 Å². The number of nitrogens with zero attached hydrogens (tertiary/aromatic N) is 2. The van der Waals surface area contributed by atoms with Gasteiger partial charge in [0, 0.05) is 11.9 Å². The first-order valence-electron chi connectivity index (χ1n) is 15.6. The number of hydrogen-bond acceptors (Lipinski definition) is 8. The second kappa shape index (κ2) is 13.0. The lowest BCUT2D eigenvalue weighted by molar-refractivity contribution is -0.168. The van der Waals surface area contributed by atoms with Crippen LogP contribution in [0.1, 0.15) is 83.5 Å². The Kier molecular flexibility index (Phi) is 9.36. The first-order valence-corrected chi connectivity index (χ1v) is 15.6. The summed E-state index contributed by atoms with van der Waals surface area (Å²) in [5, 5.41) is 18.3. The number of pyridine rings is 1. The fraction of sp³-hybridized carbons (Fsp3) is 0.545. The highest BCUT2D eigenvalue weighted by atomic mass is 16.5. The normalized spacial score (nSPS) is 30.8. The van der Waals surface area contributed by atoms with Crippen molar-refractivity contribution in [3.8, 4) is 0 Å². The van der Waals surface area contributed by atoms with Crippen LogP contribution in [0.15, 0.2) is 36.4 Å². The predicted molar refractivity (Wildman–Crippen MR) is 164 cm³/mol. The van der Waals surface area contributed by atoms with Gasteiger partial charge in [0.05, 0.1) is 28.8 Å². The molecule has 11 nitrogen and oxygen atoms in total. The lowest BCUT2D eigenvalue weighted by Gasteiger charge is -2.36. The number of cyclic esters (lactones) is 1. The number of esters is 1. The van der Waals surface area contributed by atoms with Gasteiger partial charge in [0.15, 0.2) is 6.10 Å². The topological polar surface area (TPSA) is 150 Å². The molecule has 2 fully saturated rings. The Hall–Kier alpha value is -3.83. The van der Waals surface area contributed by atoms with Gasteiger partial charge in [-0.25, -0.2) is 5.43 Å². The van der Waals surface area contributed by atoms with Crippen LogP contribution >= 0.6 is 0 Å². The van der Waals surface area contributed by atoms with Crippen LogP contribution in [0.3, 0.4) is 0 Å². The summed E-state index contributed by atoms with van der Waals surface area (Å²) >= 11 is 0. The summed E-state index contributed by atoms with van der Waals surface area (Å²) in [6, 6.07) is 7.74. The van der Waals surface area contributed by atoms with Gasteiger partial charge >= 0.3 is 5.97 Å². The lowest BCUT2D eigenvalue weighted by atomic mass is 9.72. The minimum atomic E-state index is -1.12. The molecule has 11 heteroatoms. The Labute approximate surface area is 257 Å². The number of aliphatic hydroxyl groups excluding tert-OH is 1. The van der Waals surface area contributed by atoms with Crippen molar-refractivity contribution in [3.63, 3.8) is 0 Å². The van der Waals surface area contributed by atoms with Crippen LogP contribution < -0.4 is 16.1 Å². The van der Waals surface area contributed by atoms with Gasteiger partial charge in [-0.2, -0.15) is 0 Å². The number of nitrogens with one attached hydrogen (secondary N) is 3. The molecule has 0 radical (unpaired) electrons. The van der Waals surface area contributed by atoms with E-state index in [4.69, 9.17) is 9.72 Å². The highest BCUT2D eigenvalue weighted by molar-refractivity contribution is 5.92. The van der Waals surface area contributed by atoms with Gasteiger partial charge in [-0.15, -0.1) is 0 Å². The van der Waals surface area contributed by atoms with Crippen molar-refractivity contribution in [2.24, 2.45) is 11.3 Å². The molecule has 1 spiro atoms. The molecule has 1 aromatic heterocycles. The maximum atomic E-state index is 13.9. The summed E-state index contributed by atoms with van der Waals surface area (Å²) < 4.78 is 5.93. The number of carbonyl (C=O) groups excluding carboxylic acids is 4. The molecule has 2 aliphatic heterocycles. The van der Waals surface area contributed by atoms with E-state index in [1.807, 2.05) is 49.4 Å². The minimum absolute atomic E-state index is 0.245. The van der Waals surface area contributed by atoms with E-state index >= 15 is 0 Å². The van der Waals surface area contributed by atoms with E-state index < -0.39 is 47.5 Å². The van der Waals surface area contributed by atoms with E-state index in [-0.39, 0.29) is 17.9 Å². The van der Waals surface area contributed by atoms with Gasteiger partial charge in [0.25, 0.3) is 11.8 Å². The van der Waals surface area contributed by atoms with Crippen LogP contribution in [-0.2, 0) is 23.9 Å². The third kappa shape index (κ3) is 6.78. The zero-order valence-corrected chi connectivity index (χ0v) is 25.8. The summed E-state index contributed by atoms with van der Waals surface area (Å²) in [5.41, 5.74) is 4.27. The first-order chi connectivity index (χ1) is 21.0. The number of aromatic nitrogens is 1. The van der Waals surface area contributed by atoms with Crippen molar-refractivity contribution in [2.75, 3.05) is 6.54 Å². The molecule has 4 unspecified atom stereocenters. The molecule has 1 aromatic carbocycles. The van der Waals surface area contributed by atoms with Crippen molar-refractivity contribution in [3.05, 3.63) is 47.7 Å². The van der Waals surface area contributed by atoms with Gasteiger partial charge in [-0.1, -0.05) is 44.2 Å². The van der Waals surface area contributed by atoms with Gasteiger partial charge in [0.1, 0.15) is 12.1 Å². The zero-order valence-electron chi connectivity index (χ0n) is 25.8. The molecule has 236 valence electrons. The Morgan fingerprint density at radius 3 is 2.41 bits per heavy atom. The van der Waals surface area contributed by atoms with E-state index in [0.717, 1.165) is 16.5 Å². The number of fused-ring (bicyclic) bond motifs is 4. The Bertz CT molecular complexity index is 1450. The van der Waals surface area contributed by atoms with Crippen LogP contribution in [0, 0.1) is 11.3 Å². The molecular weight excluding hydrogens is 562 g/mol. The SMILES string of the molecule is CC1NC(=O)C(C(C)C)OC(=O)C2(C=Cc3ccc4ccc(nc4c3)C(C)NC(=O)C3CCCN(N3)C1=O)CCC(O)CC2. The predicted octanol–water partition coefficient (Wildman–Crippen LogP) is 2.93. The molecule has 2 aromatic rings. The van der Waals surface area contributed by atoms with E-state index in [0.29, 0.717) is 50.8 Å². The molecule has 3 amide bonds. The highest BCUT2D eigenvalue weighted by Gasteiger charge is 2.43. The number of ether oxygens (including phenoxy) is 1. The molecule has 3 heterocycles. The molecule has 4 N–H and O–H groups in total. The number of rotatable bonds is 1. The molecule has 3 aliphatic rings. The average Bonchev–Trinajstić information content (AvgIpc) is 3.01. The average molecular weight is 606 g/mol. The van der Waals surface area contributed by atoms with Crippen LogP contribution in [0.25, 0.3) is 17.0 Å². The van der Waals surface area contributed by atoms with Gasteiger partial charge in [-0.3, -0.25) is 29.2 Å². The number of carbonyl (C=O) groups is 4. The second-order valence-electron chi connectivity index (χ2n) is 12.8. The first kappa shape index (κ1) is 31.6. The molecular formula is C33H43N5O6. The zero-order chi connectivity index (χ0) is 31.6. The summed E-state index contributed by atoms with van der Waals surface area (Å²) in [6.07, 6.45) is 4.84. The van der Waals surface area contributed by atoms with Gasteiger partial charge < -0.3 is 20.5 Å². The number of hydrazine groups is 1. The monoisotopic (exact) mass is 605 g/mol. The number of benzene rings is 1. The summed E-state index contributed by atoms with van der Waals surface area (Å²) in [5.74, 6) is -2.09. The van der Waals surface area contributed by atoms with Gasteiger partial charge in [0.2, 0.25) is 5.91 Å². The number of aliphatic hydroxyl groups is 1. The Balaban J connectivity index is 1.53. The van der Waals surface area contributed by atoms with Crippen LogP contribution in [0.2, 0.25) is 0 Å². The maximum absolute atomic E-state index is 13.9. The van der Waals surface area contributed by atoms with Crippen LogP contribution in [-0.4, -0.2) is 69.6 Å². The number of hydrogen-bond donors (Lipinski definition) is 4. The van der Waals surface area contributed by atoms with E-state index in [1.54, 1.807) is 20.8 Å². The number of amides is 3. The molecule has 44 heavy (non-hydrogen) atoms. The molecule has 5 bridgehead atoms. The second-order valence-corrected chi connectivity index (χ2v) is 12.8. The summed E-state index contributed by atoms with van der Waals surface area (Å²) in [6.45, 7) is 7.39. The smallest absolute Gasteiger partial charge is 0.316 e. The Morgan fingerprint density at radius 2 is 1.68 bits per heavy atom. The fourth-order valence-corrected chi connectivity index (χ4v) is 6.15. The Morgan fingerprint density at radius 1 is 0.977 bits per heavy atom. The minimum Gasteiger partial charge on any atom is -0.451 e.